The second kappa shape index (κ2) is 9.41. The zero-order valence-corrected chi connectivity index (χ0v) is 18.4. The van der Waals surface area contributed by atoms with Crippen LogP contribution in [0.1, 0.15) is 36.6 Å². The van der Waals surface area contributed by atoms with Crippen molar-refractivity contribution in [2.75, 3.05) is 6.61 Å². The maximum absolute atomic E-state index is 12.9. The highest BCUT2D eigenvalue weighted by Crippen LogP contribution is 2.19. The van der Waals surface area contributed by atoms with E-state index in [1.165, 1.54) is 4.52 Å². The van der Waals surface area contributed by atoms with E-state index in [1.807, 2.05) is 36.4 Å². The van der Waals surface area contributed by atoms with Gasteiger partial charge in [0.1, 0.15) is 11.4 Å². The summed E-state index contributed by atoms with van der Waals surface area (Å²) >= 11 is 7.05. The van der Waals surface area contributed by atoms with Crippen LogP contribution in [0.15, 0.2) is 58.1 Å². The number of fused-ring (bicyclic) bond motifs is 1. The lowest BCUT2D eigenvalue weighted by molar-refractivity contribution is 0.309. The van der Waals surface area contributed by atoms with E-state index < -0.39 is 5.56 Å². The number of hydrogen-bond acceptors (Lipinski definition) is 6. The van der Waals surface area contributed by atoms with E-state index in [-0.39, 0.29) is 22.6 Å². The molecule has 6 nitrogen and oxygen atoms in total. The van der Waals surface area contributed by atoms with Crippen molar-refractivity contribution >= 4 is 34.0 Å². The summed E-state index contributed by atoms with van der Waals surface area (Å²) in [6.07, 6.45) is 4.02. The zero-order valence-electron chi connectivity index (χ0n) is 16.9. The van der Waals surface area contributed by atoms with Crippen LogP contribution in [0.5, 0.6) is 5.75 Å². The van der Waals surface area contributed by atoms with Crippen molar-refractivity contribution in [1.82, 2.24) is 14.6 Å². The third kappa shape index (κ3) is 4.84. The molecule has 0 saturated carbocycles. The van der Waals surface area contributed by atoms with E-state index in [4.69, 9.17) is 16.3 Å². The van der Waals surface area contributed by atoms with Crippen molar-refractivity contribution in [3.8, 4) is 5.75 Å². The van der Waals surface area contributed by atoms with Gasteiger partial charge in [-0.25, -0.2) is 0 Å². The van der Waals surface area contributed by atoms with Crippen LogP contribution in [0.3, 0.4) is 0 Å². The van der Waals surface area contributed by atoms with Gasteiger partial charge in [0, 0.05) is 17.0 Å². The lowest BCUT2D eigenvalue weighted by Gasteiger charge is -2.07. The molecule has 0 saturated heterocycles. The first-order valence-electron chi connectivity index (χ1n) is 9.96. The molecular formula is C23H20ClN3O3S. The third-order valence-corrected chi connectivity index (χ3v) is 5.91. The molecule has 2 heterocycles. The van der Waals surface area contributed by atoms with Gasteiger partial charge in [0.05, 0.1) is 11.1 Å². The molecule has 0 radical (unpaired) electrons. The molecule has 31 heavy (non-hydrogen) atoms. The van der Waals surface area contributed by atoms with Gasteiger partial charge in [-0.15, -0.1) is 0 Å². The molecule has 0 unspecified atom stereocenters. The van der Waals surface area contributed by atoms with Crippen LogP contribution in [0.25, 0.3) is 11.0 Å². The Labute approximate surface area is 187 Å². The van der Waals surface area contributed by atoms with Gasteiger partial charge >= 0.3 is 0 Å². The van der Waals surface area contributed by atoms with Gasteiger partial charge in [-0.05, 0) is 36.3 Å². The van der Waals surface area contributed by atoms with Gasteiger partial charge in [-0.2, -0.15) is 14.6 Å². The lowest BCUT2D eigenvalue weighted by Crippen LogP contribution is -2.28. The Hall–Kier alpha value is -3.03. The van der Waals surface area contributed by atoms with Crippen molar-refractivity contribution in [2.45, 2.75) is 26.2 Å². The van der Waals surface area contributed by atoms with Crippen molar-refractivity contribution in [1.29, 1.82) is 0 Å². The topological polar surface area (TPSA) is 73.6 Å². The molecule has 0 bridgehead atoms. The van der Waals surface area contributed by atoms with E-state index >= 15 is 0 Å². The maximum atomic E-state index is 12.9. The molecule has 158 valence electrons. The van der Waals surface area contributed by atoms with Gasteiger partial charge in [-0.1, -0.05) is 66.6 Å². The van der Waals surface area contributed by atoms with E-state index in [0.29, 0.717) is 21.9 Å². The predicted molar refractivity (Wildman–Crippen MR) is 123 cm³/mol. The Morgan fingerprint density at radius 2 is 1.90 bits per heavy atom. The number of aromatic nitrogens is 3. The number of para-hydroxylation sites is 1. The number of rotatable bonds is 7. The minimum atomic E-state index is -0.439. The van der Waals surface area contributed by atoms with Gasteiger partial charge in [-0.3, -0.25) is 9.59 Å². The summed E-state index contributed by atoms with van der Waals surface area (Å²) in [4.78, 5) is 29.7. The average molecular weight is 454 g/mol. The largest absolute Gasteiger partial charge is 0.493 e. The van der Waals surface area contributed by atoms with Gasteiger partial charge < -0.3 is 4.74 Å². The highest BCUT2D eigenvalue weighted by molar-refractivity contribution is 7.15. The summed E-state index contributed by atoms with van der Waals surface area (Å²) in [7, 11) is 0. The quantitative estimate of drug-likeness (QED) is 0.400. The molecule has 2 aromatic heterocycles. The predicted octanol–water partition coefficient (Wildman–Crippen LogP) is 3.48. The summed E-state index contributed by atoms with van der Waals surface area (Å²) in [6.45, 7) is 2.72. The van der Waals surface area contributed by atoms with Gasteiger partial charge in [0.15, 0.2) is 0 Å². The third-order valence-electron chi connectivity index (χ3n) is 4.70. The van der Waals surface area contributed by atoms with Crippen LogP contribution in [0.2, 0.25) is 5.02 Å². The molecule has 4 rings (SSSR count). The first-order chi connectivity index (χ1) is 15.0. The number of halogens is 1. The number of benzene rings is 2. The fourth-order valence-electron chi connectivity index (χ4n) is 3.05. The van der Waals surface area contributed by atoms with E-state index in [1.54, 1.807) is 18.2 Å². The summed E-state index contributed by atoms with van der Waals surface area (Å²) in [5.74, 6) is 0.715. The molecular weight excluding hydrogens is 434 g/mol. The Morgan fingerprint density at radius 3 is 2.68 bits per heavy atom. The van der Waals surface area contributed by atoms with Gasteiger partial charge in [0.25, 0.3) is 11.1 Å². The molecule has 0 aliphatic rings. The number of nitrogens with zero attached hydrogens (tertiary/aromatic N) is 3. The van der Waals surface area contributed by atoms with E-state index in [2.05, 4.69) is 17.0 Å². The maximum Gasteiger partial charge on any atom is 0.296 e. The van der Waals surface area contributed by atoms with E-state index in [0.717, 1.165) is 35.3 Å². The molecule has 4 aromatic rings. The second-order valence-corrected chi connectivity index (χ2v) is 8.46. The lowest BCUT2D eigenvalue weighted by atomic mass is 10.1. The molecule has 0 spiro atoms. The van der Waals surface area contributed by atoms with Crippen LogP contribution in [0, 0.1) is 0 Å². The highest BCUT2D eigenvalue weighted by Gasteiger charge is 2.12. The van der Waals surface area contributed by atoms with Crippen molar-refractivity contribution in [3.63, 3.8) is 0 Å². The number of unbranched alkanes of at least 4 members (excludes halogenated alkanes) is 1. The minimum absolute atomic E-state index is 0.213. The Balaban J connectivity index is 1.73. The molecule has 8 heteroatoms. The molecule has 0 aliphatic heterocycles. The molecule has 2 aromatic carbocycles. The first-order valence-corrected chi connectivity index (χ1v) is 11.2. The molecule has 0 atom stereocenters. The molecule has 0 amide bonds. The van der Waals surface area contributed by atoms with Crippen LogP contribution < -0.4 is 20.4 Å². The standard InChI is InChI=1S/C23H20ClN3O3S/c1-2-3-12-30-19-7-5-4-6-16(19)14-20-22(29)27-23(31-20)25-21(28)18(26-27)13-15-8-10-17(24)11-9-15/h4-11,14H,2-3,12-13H2,1H3. The molecule has 0 fully saturated rings. The SMILES string of the molecule is CCCCOc1ccccc1C=c1sc2nc(=O)c(Cc3ccc(Cl)cc3)nn2c1=O. The van der Waals surface area contributed by atoms with E-state index in [9.17, 15) is 9.59 Å². The fourth-order valence-corrected chi connectivity index (χ4v) is 4.07. The minimum Gasteiger partial charge on any atom is -0.493 e. The summed E-state index contributed by atoms with van der Waals surface area (Å²) in [5.41, 5.74) is 1.12. The Kier molecular flexibility index (Phi) is 6.44. The Morgan fingerprint density at radius 1 is 1.13 bits per heavy atom. The second-order valence-electron chi connectivity index (χ2n) is 7.02. The first kappa shape index (κ1) is 21.2. The highest BCUT2D eigenvalue weighted by atomic mass is 35.5. The van der Waals surface area contributed by atoms with Crippen LogP contribution in [0.4, 0.5) is 0 Å². The Bertz CT molecular complexity index is 1380. The summed E-state index contributed by atoms with van der Waals surface area (Å²) in [5, 5.41) is 4.90. The average Bonchev–Trinajstić information content (AvgIpc) is 3.06. The zero-order chi connectivity index (χ0) is 21.8. The molecule has 0 N–H and O–H groups in total. The smallest absolute Gasteiger partial charge is 0.296 e. The number of thiazole rings is 1. The van der Waals surface area contributed by atoms with Crippen molar-refractivity contribution < 1.29 is 4.74 Å². The summed E-state index contributed by atoms with van der Waals surface area (Å²) < 4.78 is 7.49. The number of ether oxygens (including phenoxy) is 1. The van der Waals surface area contributed by atoms with Crippen LogP contribution in [-0.2, 0) is 6.42 Å². The van der Waals surface area contributed by atoms with Crippen LogP contribution >= 0.6 is 22.9 Å². The van der Waals surface area contributed by atoms with Crippen molar-refractivity contribution in [3.05, 3.63) is 95.6 Å². The van der Waals surface area contributed by atoms with Crippen LogP contribution in [-0.4, -0.2) is 21.2 Å². The van der Waals surface area contributed by atoms with Gasteiger partial charge in [0.2, 0.25) is 4.96 Å². The summed E-state index contributed by atoms with van der Waals surface area (Å²) in [6, 6.07) is 14.7. The monoisotopic (exact) mass is 453 g/mol. The molecule has 0 aliphatic carbocycles. The number of hydrogen-bond donors (Lipinski definition) is 0. The normalized spacial score (nSPS) is 11.9. The van der Waals surface area contributed by atoms with Crippen molar-refractivity contribution in [2.24, 2.45) is 0 Å². The fraction of sp³-hybridized carbons (Fsp3) is 0.217.